The fraction of sp³-hybridized carbons (Fsp3) is 0.643. The maximum Gasteiger partial charge on any atom is 0.190 e. The Kier molecular flexibility index (Phi) is 10.7. The second-order valence-corrected chi connectivity index (χ2v) is 4.79. The molecule has 0 aromatic carbocycles. The number of nitrogens with one attached hydrogen (secondary N) is 2. The molecule has 0 fully saturated rings. The third-order valence-electron chi connectivity index (χ3n) is 2.72. The summed E-state index contributed by atoms with van der Waals surface area (Å²) in [4.78, 5) is 4.19. The van der Waals surface area contributed by atoms with E-state index in [2.05, 4.69) is 29.5 Å². The van der Waals surface area contributed by atoms with Crippen LogP contribution < -0.4 is 10.6 Å². The van der Waals surface area contributed by atoms with Crippen molar-refractivity contribution >= 4 is 29.9 Å². The fourth-order valence-corrected chi connectivity index (χ4v) is 1.70. The van der Waals surface area contributed by atoms with Gasteiger partial charge in [0.25, 0.3) is 0 Å². The highest BCUT2D eigenvalue weighted by Crippen LogP contribution is 2.01. The Balaban J connectivity index is 0.00000324. The summed E-state index contributed by atoms with van der Waals surface area (Å²) in [5.41, 5.74) is 0. The van der Waals surface area contributed by atoms with Crippen LogP contribution in [0.1, 0.15) is 32.4 Å². The highest BCUT2D eigenvalue weighted by Gasteiger charge is 1.99. The van der Waals surface area contributed by atoms with Crippen molar-refractivity contribution in [1.29, 1.82) is 0 Å². The molecule has 0 aliphatic carbocycles. The second kappa shape index (κ2) is 11.1. The van der Waals surface area contributed by atoms with E-state index < -0.39 is 0 Å². The molecule has 2 N–H and O–H groups in total. The van der Waals surface area contributed by atoms with Crippen molar-refractivity contribution in [3.05, 3.63) is 24.2 Å². The van der Waals surface area contributed by atoms with Gasteiger partial charge in [-0.2, -0.15) is 0 Å². The van der Waals surface area contributed by atoms with E-state index >= 15 is 0 Å². The number of rotatable bonds is 7. The summed E-state index contributed by atoms with van der Waals surface area (Å²) in [6, 6.07) is 3.90. The van der Waals surface area contributed by atoms with Gasteiger partial charge >= 0.3 is 0 Å². The van der Waals surface area contributed by atoms with Crippen molar-refractivity contribution in [3.8, 4) is 0 Å². The summed E-state index contributed by atoms with van der Waals surface area (Å²) in [5.74, 6) is 2.63. The molecule has 0 bridgehead atoms. The molecule has 0 radical (unpaired) electrons. The molecule has 0 spiro atoms. The van der Waals surface area contributed by atoms with Crippen LogP contribution in [0.15, 0.2) is 27.8 Å². The Labute approximate surface area is 133 Å². The summed E-state index contributed by atoms with van der Waals surface area (Å²) in [6.45, 7) is 6.29. The van der Waals surface area contributed by atoms with Crippen LogP contribution in [0.25, 0.3) is 0 Å². The molecule has 0 atom stereocenters. The van der Waals surface area contributed by atoms with E-state index in [1.54, 1.807) is 13.3 Å². The van der Waals surface area contributed by atoms with E-state index in [0.717, 1.165) is 37.1 Å². The first-order valence-electron chi connectivity index (χ1n) is 6.69. The molecule has 0 saturated carbocycles. The maximum atomic E-state index is 5.27. The molecule has 110 valence electrons. The van der Waals surface area contributed by atoms with Crippen LogP contribution in [0.4, 0.5) is 0 Å². The highest BCUT2D eigenvalue weighted by molar-refractivity contribution is 14.0. The maximum absolute atomic E-state index is 5.27. The summed E-state index contributed by atoms with van der Waals surface area (Å²) >= 11 is 0. The van der Waals surface area contributed by atoms with Gasteiger partial charge in [-0.3, -0.25) is 4.99 Å². The van der Waals surface area contributed by atoms with Crippen LogP contribution in [0.3, 0.4) is 0 Å². The van der Waals surface area contributed by atoms with E-state index in [1.807, 2.05) is 12.1 Å². The number of hydrogen-bond acceptors (Lipinski definition) is 2. The molecule has 0 amide bonds. The van der Waals surface area contributed by atoms with Gasteiger partial charge in [0, 0.05) is 26.6 Å². The van der Waals surface area contributed by atoms with Crippen molar-refractivity contribution in [2.45, 2.75) is 33.1 Å². The molecule has 5 heteroatoms. The zero-order valence-electron chi connectivity index (χ0n) is 12.1. The first-order chi connectivity index (χ1) is 8.72. The molecular formula is C14H26IN3O. The standard InChI is InChI=1S/C14H25N3O.HI/c1-12(2)6-4-9-16-14(15-3)17-10-8-13-7-5-11-18-13;/h5,7,11-12H,4,6,8-10H2,1-3H3,(H2,15,16,17);1H. The highest BCUT2D eigenvalue weighted by atomic mass is 127. The molecule has 1 aromatic rings. The van der Waals surface area contributed by atoms with Gasteiger partial charge < -0.3 is 15.1 Å². The Morgan fingerprint density at radius 3 is 2.63 bits per heavy atom. The number of halogens is 1. The Bertz CT molecular complexity index is 336. The summed E-state index contributed by atoms with van der Waals surface area (Å²) in [6.07, 6.45) is 5.00. The molecule has 0 aliphatic heterocycles. The van der Waals surface area contributed by atoms with Gasteiger partial charge in [-0.25, -0.2) is 0 Å². The van der Waals surface area contributed by atoms with Gasteiger partial charge in [0.2, 0.25) is 0 Å². The summed E-state index contributed by atoms with van der Waals surface area (Å²) in [5, 5.41) is 6.59. The van der Waals surface area contributed by atoms with Crippen molar-refractivity contribution in [2.24, 2.45) is 10.9 Å². The molecule has 0 saturated heterocycles. The van der Waals surface area contributed by atoms with E-state index in [0.29, 0.717) is 0 Å². The molecule has 19 heavy (non-hydrogen) atoms. The minimum Gasteiger partial charge on any atom is -0.469 e. The van der Waals surface area contributed by atoms with Gasteiger partial charge in [0.1, 0.15) is 5.76 Å². The number of nitrogens with zero attached hydrogens (tertiary/aromatic N) is 1. The number of hydrogen-bond donors (Lipinski definition) is 2. The Morgan fingerprint density at radius 1 is 1.32 bits per heavy atom. The predicted molar refractivity (Wildman–Crippen MR) is 91.3 cm³/mol. The number of furan rings is 1. The molecule has 4 nitrogen and oxygen atoms in total. The number of guanidine groups is 1. The van der Waals surface area contributed by atoms with Crippen LogP contribution in [-0.2, 0) is 6.42 Å². The lowest BCUT2D eigenvalue weighted by Crippen LogP contribution is -2.38. The van der Waals surface area contributed by atoms with Crippen LogP contribution >= 0.6 is 24.0 Å². The largest absolute Gasteiger partial charge is 0.469 e. The SMILES string of the molecule is CN=C(NCCCC(C)C)NCCc1ccco1.I. The fourth-order valence-electron chi connectivity index (χ4n) is 1.70. The van der Waals surface area contributed by atoms with E-state index in [4.69, 9.17) is 4.42 Å². The van der Waals surface area contributed by atoms with Crippen LogP contribution in [0.5, 0.6) is 0 Å². The van der Waals surface area contributed by atoms with Gasteiger partial charge in [0.15, 0.2) is 5.96 Å². The molecule has 1 heterocycles. The van der Waals surface area contributed by atoms with E-state index in [1.165, 1.54) is 12.8 Å². The molecule has 1 aromatic heterocycles. The van der Waals surface area contributed by atoms with Gasteiger partial charge in [-0.1, -0.05) is 13.8 Å². The van der Waals surface area contributed by atoms with Crippen molar-refractivity contribution in [3.63, 3.8) is 0 Å². The minimum atomic E-state index is 0. The molecule has 0 aliphatic rings. The third-order valence-corrected chi connectivity index (χ3v) is 2.72. The van der Waals surface area contributed by atoms with Crippen molar-refractivity contribution in [2.75, 3.05) is 20.1 Å². The lowest BCUT2D eigenvalue weighted by molar-refractivity contribution is 0.506. The van der Waals surface area contributed by atoms with E-state index in [-0.39, 0.29) is 24.0 Å². The molecule has 0 unspecified atom stereocenters. The van der Waals surface area contributed by atoms with Crippen LogP contribution in [0, 0.1) is 5.92 Å². The normalized spacial score (nSPS) is 11.3. The lowest BCUT2D eigenvalue weighted by Gasteiger charge is -2.11. The zero-order valence-corrected chi connectivity index (χ0v) is 14.4. The van der Waals surface area contributed by atoms with Crippen LogP contribution in [-0.4, -0.2) is 26.1 Å². The predicted octanol–water partition coefficient (Wildman–Crippen LogP) is 3.04. The lowest BCUT2D eigenvalue weighted by atomic mass is 10.1. The number of aliphatic imine (C=N–C) groups is 1. The first-order valence-corrected chi connectivity index (χ1v) is 6.69. The van der Waals surface area contributed by atoms with Gasteiger partial charge in [-0.05, 0) is 30.9 Å². The van der Waals surface area contributed by atoms with Gasteiger partial charge in [-0.15, -0.1) is 24.0 Å². The average Bonchev–Trinajstić information content (AvgIpc) is 2.85. The van der Waals surface area contributed by atoms with Gasteiger partial charge in [0.05, 0.1) is 6.26 Å². The summed E-state index contributed by atoms with van der Waals surface area (Å²) < 4.78 is 5.27. The van der Waals surface area contributed by atoms with E-state index in [9.17, 15) is 0 Å². The Hall–Kier alpha value is -0.720. The molecule has 1 rings (SSSR count). The van der Waals surface area contributed by atoms with Crippen LogP contribution in [0.2, 0.25) is 0 Å². The van der Waals surface area contributed by atoms with Crippen molar-refractivity contribution < 1.29 is 4.42 Å². The summed E-state index contributed by atoms with van der Waals surface area (Å²) in [7, 11) is 1.80. The quantitative estimate of drug-likeness (QED) is 0.331. The molecular weight excluding hydrogens is 353 g/mol. The third kappa shape index (κ3) is 8.91. The van der Waals surface area contributed by atoms with Crippen molar-refractivity contribution in [1.82, 2.24) is 10.6 Å². The topological polar surface area (TPSA) is 49.6 Å². The second-order valence-electron chi connectivity index (χ2n) is 4.79. The average molecular weight is 379 g/mol. The zero-order chi connectivity index (χ0) is 13.2. The smallest absolute Gasteiger partial charge is 0.190 e. The Morgan fingerprint density at radius 2 is 2.05 bits per heavy atom. The minimum absolute atomic E-state index is 0. The first kappa shape index (κ1) is 18.3. The monoisotopic (exact) mass is 379 g/mol.